The molecule has 7 nitrogen and oxygen atoms in total. The minimum Gasteiger partial charge on any atom is -0.449 e. The van der Waals surface area contributed by atoms with Crippen molar-refractivity contribution in [1.82, 2.24) is 4.90 Å². The van der Waals surface area contributed by atoms with Crippen LogP contribution in [0.15, 0.2) is 24.3 Å². The van der Waals surface area contributed by atoms with Crippen LogP contribution in [0.25, 0.3) is 0 Å². The molecule has 2 atom stereocenters. The Morgan fingerprint density at radius 2 is 1.96 bits per heavy atom. The van der Waals surface area contributed by atoms with Crippen molar-refractivity contribution >= 4 is 21.7 Å². The van der Waals surface area contributed by atoms with E-state index in [1.165, 1.54) is 31.0 Å². The SMILES string of the molecule is C[C@H](OC(=O)c1ccc(CO)cc1)C(=O)N(C)[C@H]1CCS(=O)(=O)C1. The molecule has 0 bridgehead atoms. The quantitative estimate of drug-likeness (QED) is 0.766. The molecule has 0 spiro atoms. The number of amides is 1. The number of esters is 1. The molecule has 1 aromatic carbocycles. The molecule has 1 aliphatic rings. The number of benzene rings is 1. The zero-order valence-corrected chi connectivity index (χ0v) is 14.5. The van der Waals surface area contributed by atoms with Crippen LogP contribution < -0.4 is 0 Å². The van der Waals surface area contributed by atoms with Crippen LogP contribution in [-0.4, -0.2) is 61.0 Å². The van der Waals surface area contributed by atoms with Gasteiger partial charge in [0.05, 0.1) is 23.7 Å². The Hall–Kier alpha value is -1.93. The van der Waals surface area contributed by atoms with E-state index in [1.807, 2.05) is 0 Å². The third-order valence-corrected chi connectivity index (χ3v) is 5.86. The second kappa shape index (κ2) is 7.31. The summed E-state index contributed by atoms with van der Waals surface area (Å²) in [7, 11) is -1.57. The largest absolute Gasteiger partial charge is 0.449 e. The number of carbonyl (C=O) groups is 2. The molecule has 0 radical (unpaired) electrons. The summed E-state index contributed by atoms with van der Waals surface area (Å²) < 4.78 is 28.2. The van der Waals surface area contributed by atoms with Crippen LogP contribution in [0.4, 0.5) is 0 Å². The smallest absolute Gasteiger partial charge is 0.338 e. The summed E-state index contributed by atoms with van der Waals surface area (Å²) in [5.41, 5.74) is 0.941. The summed E-state index contributed by atoms with van der Waals surface area (Å²) in [6, 6.07) is 5.83. The Balaban J connectivity index is 1.96. The lowest BCUT2D eigenvalue weighted by atomic mass is 10.1. The van der Waals surface area contributed by atoms with Crippen molar-refractivity contribution in [1.29, 1.82) is 0 Å². The standard InChI is InChI=1S/C16H21NO6S/c1-11(15(19)17(2)14-7-8-24(21,22)10-14)23-16(20)13-5-3-12(9-18)4-6-13/h3-6,11,14,18H,7-10H2,1-2H3/t11-,14-/m0/s1. The second-order valence-electron chi connectivity index (χ2n) is 5.91. The van der Waals surface area contributed by atoms with Gasteiger partial charge in [0.1, 0.15) is 0 Å². The fourth-order valence-corrected chi connectivity index (χ4v) is 4.35. The van der Waals surface area contributed by atoms with Crippen molar-refractivity contribution in [3.8, 4) is 0 Å². The Kier molecular flexibility index (Phi) is 5.61. The van der Waals surface area contributed by atoms with Gasteiger partial charge in [-0.05, 0) is 31.0 Å². The first-order valence-electron chi connectivity index (χ1n) is 7.61. The number of hydrogen-bond acceptors (Lipinski definition) is 6. The average molecular weight is 355 g/mol. The molecule has 132 valence electrons. The summed E-state index contributed by atoms with van der Waals surface area (Å²) >= 11 is 0. The van der Waals surface area contributed by atoms with Crippen LogP contribution in [0, 0.1) is 0 Å². The molecule has 1 saturated heterocycles. The number of nitrogens with zero attached hydrogens (tertiary/aromatic N) is 1. The van der Waals surface area contributed by atoms with Gasteiger partial charge in [-0.2, -0.15) is 0 Å². The van der Waals surface area contributed by atoms with Crippen LogP contribution in [0.1, 0.15) is 29.3 Å². The van der Waals surface area contributed by atoms with Gasteiger partial charge in [-0.1, -0.05) is 12.1 Å². The highest BCUT2D eigenvalue weighted by atomic mass is 32.2. The average Bonchev–Trinajstić information content (AvgIpc) is 2.93. The molecule has 8 heteroatoms. The lowest BCUT2D eigenvalue weighted by molar-refractivity contribution is -0.140. The van der Waals surface area contributed by atoms with Crippen molar-refractivity contribution in [2.75, 3.05) is 18.6 Å². The zero-order valence-electron chi connectivity index (χ0n) is 13.6. The van der Waals surface area contributed by atoms with Crippen LogP contribution >= 0.6 is 0 Å². The molecule has 1 aliphatic heterocycles. The Morgan fingerprint density at radius 1 is 1.33 bits per heavy atom. The highest BCUT2D eigenvalue weighted by Gasteiger charge is 2.35. The molecule has 24 heavy (non-hydrogen) atoms. The van der Waals surface area contributed by atoms with E-state index in [4.69, 9.17) is 9.84 Å². The molecular weight excluding hydrogens is 334 g/mol. The first-order valence-corrected chi connectivity index (χ1v) is 9.43. The maximum Gasteiger partial charge on any atom is 0.338 e. The van der Waals surface area contributed by atoms with E-state index in [0.29, 0.717) is 12.0 Å². The minimum absolute atomic E-state index is 0.0570. The van der Waals surface area contributed by atoms with Crippen LogP contribution in [0.5, 0.6) is 0 Å². The maximum absolute atomic E-state index is 12.3. The van der Waals surface area contributed by atoms with Crippen molar-refractivity contribution in [2.45, 2.75) is 32.1 Å². The monoisotopic (exact) mass is 355 g/mol. The molecule has 0 aromatic heterocycles. The van der Waals surface area contributed by atoms with Gasteiger partial charge < -0.3 is 14.7 Å². The lowest BCUT2D eigenvalue weighted by Gasteiger charge is -2.26. The zero-order chi connectivity index (χ0) is 17.9. The fraction of sp³-hybridized carbons (Fsp3) is 0.500. The van der Waals surface area contributed by atoms with Crippen LogP contribution in [0.3, 0.4) is 0 Å². The van der Waals surface area contributed by atoms with E-state index in [9.17, 15) is 18.0 Å². The van der Waals surface area contributed by atoms with Crippen molar-refractivity contribution in [2.24, 2.45) is 0 Å². The summed E-state index contributed by atoms with van der Waals surface area (Å²) in [4.78, 5) is 25.7. The molecule has 1 fully saturated rings. The summed E-state index contributed by atoms with van der Waals surface area (Å²) in [5, 5.41) is 8.98. The first kappa shape index (κ1) is 18.4. The number of likely N-dealkylation sites (N-methyl/N-ethyl adjacent to an activating group) is 1. The maximum atomic E-state index is 12.3. The fourth-order valence-electron chi connectivity index (χ4n) is 2.57. The van der Waals surface area contributed by atoms with E-state index in [-0.39, 0.29) is 29.7 Å². The summed E-state index contributed by atoms with van der Waals surface area (Å²) in [6.45, 7) is 1.33. The van der Waals surface area contributed by atoms with E-state index in [1.54, 1.807) is 12.1 Å². The normalized spacial score (nSPS) is 20.4. The van der Waals surface area contributed by atoms with E-state index in [0.717, 1.165) is 0 Å². The number of carbonyl (C=O) groups excluding carboxylic acids is 2. The predicted octanol–water partition coefficient (Wildman–Crippen LogP) is 0.370. The topological polar surface area (TPSA) is 101 Å². The van der Waals surface area contributed by atoms with Gasteiger partial charge in [0, 0.05) is 13.1 Å². The van der Waals surface area contributed by atoms with E-state index < -0.39 is 27.8 Å². The van der Waals surface area contributed by atoms with Gasteiger partial charge >= 0.3 is 5.97 Å². The molecule has 1 heterocycles. The first-order chi connectivity index (χ1) is 11.2. The molecule has 0 unspecified atom stereocenters. The van der Waals surface area contributed by atoms with Gasteiger partial charge in [0.2, 0.25) is 0 Å². The number of rotatable bonds is 5. The lowest BCUT2D eigenvalue weighted by Crippen LogP contribution is -2.44. The Bertz CT molecular complexity index is 713. The molecule has 2 rings (SSSR count). The van der Waals surface area contributed by atoms with Gasteiger partial charge in [0.25, 0.3) is 5.91 Å². The highest BCUT2D eigenvalue weighted by Crippen LogP contribution is 2.18. The molecule has 1 aromatic rings. The minimum atomic E-state index is -3.09. The third-order valence-electron chi connectivity index (χ3n) is 4.11. The van der Waals surface area contributed by atoms with Gasteiger partial charge in [-0.3, -0.25) is 4.79 Å². The van der Waals surface area contributed by atoms with E-state index in [2.05, 4.69) is 0 Å². The molecule has 1 N–H and O–H groups in total. The van der Waals surface area contributed by atoms with Crippen molar-refractivity contribution < 1.29 is 27.9 Å². The third kappa shape index (κ3) is 4.33. The van der Waals surface area contributed by atoms with Gasteiger partial charge in [0.15, 0.2) is 15.9 Å². The van der Waals surface area contributed by atoms with Crippen LogP contribution in [-0.2, 0) is 26.0 Å². The number of hydrogen-bond donors (Lipinski definition) is 1. The Labute approximate surface area is 141 Å². The number of ether oxygens (including phenoxy) is 1. The van der Waals surface area contributed by atoms with Gasteiger partial charge in [-0.15, -0.1) is 0 Å². The predicted molar refractivity (Wildman–Crippen MR) is 87.1 cm³/mol. The molecule has 0 saturated carbocycles. The molecule has 0 aliphatic carbocycles. The Morgan fingerprint density at radius 3 is 2.46 bits per heavy atom. The second-order valence-corrected chi connectivity index (χ2v) is 8.14. The van der Waals surface area contributed by atoms with Crippen molar-refractivity contribution in [3.05, 3.63) is 35.4 Å². The summed E-state index contributed by atoms with van der Waals surface area (Å²) in [5.74, 6) is -1.07. The van der Waals surface area contributed by atoms with Crippen molar-refractivity contribution in [3.63, 3.8) is 0 Å². The van der Waals surface area contributed by atoms with Crippen LogP contribution in [0.2, 0.25) is 0 Å². The number of aliphatic hydroxyl groups excluding tert-OH is 1. The molecule has 1 amide bonds. The highest BCUT2D eigenvalue weighted by molar-refractivity contribution is 7.91. The van der Waals surface area contributed by atoms with Gasteiger partial charge in [-0.25, -0.2) is 13.2 Å². The molecular formula is C16H21NO6S. The summed E-state index contributed by atoms with van der Waals surface area (Å²) in [6.07, 6.45) is -0.614. The number of sulfone groups is 1. The van der Waals surface area contributed by atoms with E-state index >= 15 is 0 Å². The number of aliphatic hydroxyl groups is 1.